The molecule has 3 rings (SSSR count). The molecule has 1 unspecified atom stereocenters. The second kappa shape index (κ2) is 8.72. The highest BCUT2D eigenvalue weighted by Crippen LogP contribution is 2.31. The summed E-state index contributed by atoms with van der Waals surface area (Å²) < 4.78 is 10.7. The van der Waals surface area contributed by atoms with E-state index in [1.165, 1.54) is 12.8 Å². The zero-order valence-electron chi connectivity index (χ0n) is 15.4. The molecule has 0 aliphatic carbocycles. The molecule has 2 aromatic carbocycles. The topological polar surface area (TPSA) is 50.8 Å². The molecule has 0 radical (unpaired) electrons. The zero-order valence-corrected chi connectivity index (χ0v) is 15.4. The summed E-state index contributed by atoms with van der Waals surface area (Å²) in [5.41, 5.74) is 2.63. The fraction of sp³-hybridized carbons (Fsp3) is 0.381. The molecule has 5 heteroatoms. The summed E-state index contributed by atoms with van der Waals surface area (Å²) in [5, 5.41) is 2.87. The van der Waals surface area contributed by atoms with Crippen LogP contribution in [0.25, 0.3) is 11.1 Å². The van der Waals surface area contributed by atoms with Crippen molar-refractivity contribution in [2.24, 2.45) is 0 Å². The van der Waals surface area contributed by atoms with Crippen molar-refractivity contribution >= 4 is 11.8 Å². The lowest BCUT2D eigenvalue weighted by Gasteiger charge is -2.19. The Morgan fingerprint density at radius 1 is 1.23 bits per heavy atom. The first-order valence-corrected chi connectivity index (χ1v) is 9.05. The summed E-state index contributed by atoms with van der Waals surface area (Å²) in [6.45, 7) is 1.55. The molecule has 1 heterocycles. The highest BCUT2D eigenvalue weighted by molar-refractivity contribution is 5.92. The maximum atomic E-state index is 12.3. The molecule has 0 aromatic heterocycles. The number of carbonyl (C=O) groups is 1. The van der Waals surface area contributed by atoms with Gasteiger partial charge < -0.3 is 14.4 Å². The highest BCUT2D eigenvalue weighted by Gasteiger charge is 2.21. The molecule has 0 saturated carbocycles. The second-order valence-corrected chi connectivity index (χ2v) is 6.60. The molecule has 2 aromatic rings. The molecular weight excluding hydrogens is 328 g/mol. The van der Waals surface area contributed by atoms with Gasteiger partial charge in [-0.3, -0.25) is 5.32 Å². The number of benzene rings is 2. The lowest BCUT2D eigenvalue weighted by Crippen LogP contribution is -2.27. The van der Waals surface area contributed by atoms with Crippen LogP contribution in [0.1, 0.15) is 19.3 Å². The molecular formula is C21H26N2O3. The number of hydrogen-bond acceptors (Lipinski definition) is 4. The van der Waals surface area contributed by atoms with E-state index >= 15 is 0 Å². The van der Waals surface area contributed by atoms with Crippen molar-refractivity contribution < 1.29 is 14.3 Å². The maximum Gasteiger partial charge on any atom is 0.411 e. The monoisotopic (exact) mass is 354 g/mol. The fourth-order valence-corrected chi connectivity index (χ4v) is 3.40. The number of rotatable bonds is 6. The molecule has 138 valence electrons. The summed E-state index contributed by atoms with van der Waals surface area (Å²) in [6, 6.07) is 16.1. The maximum absolute atomic E-state index is 12.3. The average molecular weight is 354 g/mol. The number of ether oxygens (including phenoxy) is 2. The lowest BCUT2D eigenvalue weighted by atomic mass is 10.0. The number of hydrogen-bond donors (Lipinski definition) is 1. The Balaban J connectivity index is 1.64. The Labute approximate surface area is 154 Å². The fourth-order valence-electron chi connectivity index (χ4n) is 3.40. The first kappa shape index (κ1) is 18.3. The van der Waals surface area contributed by atoms with Crippen molar-refractivity contribution in [2.75, 3.05) is 32.6 Å². The minimum Gasteiger partial charge on any atom is -0.497 e. The molecule has 26 heavy (non-hydrogen) atoms. The highest BCUT2D eigenvalue weighted by atomic mass is 16.5. The third kappa shape index (κ3) is 4.55. The Hall–Kier alpha value is -2.53. The van der Waals surface area contributed by atoms with E-state index in [2.05, 4.69) is 17.3 Å². The number of likely N-dealkylation sites (tertiary alicyclic amines) is 1. The smallest absolute Gasteiger partial charge is 0.411 e. The van der Waals surface area contributed by atoms with Gasteiger partial charge in [0.2, 0.25) is 0 Å². The van der Waals surface area contributed by atoms with Crippen molar-refractivity contribution in [3.63, 3.8) is 0 Å². The molecule has 5 nitrogen and oxygen atoms in total. The lowest BCUT2D eigenvalue weighted by molar-refractivity contribution is 0.147. The number of carbonyl (C=O) groups excluding carboxylic acids is 1. The summed E-state index contributed by atoms with van der Waals surface area (Å²) in [7, 11) is 3.73. The van der Waals surface area contributed by atoms with Crippen molar-refractivity contribution in [1.82, 2.24) is 4.90 Å². The Morgan fingerprint density at radius 2 is 2.04 bits per heavy atom. The van der Waals surface area contributed by atoms with Crippen LogP contribution in [-0.2, 0) is 4.74 Å². The standard InChI is InChI=1S/C21H26N2O3/c1-23-13-6-9-17(23)12-14-26-21(24)22-20-15-18(25-2)10-11-19(20)16-7-4-3-5-8-16/h3-5,7-8,10-11,15,17H,6,9,12-14H2,1-2H3,(H,22,24). The van der Waals surface area contributed by atoms with E-state index in [0.717, 1.165) is 24.1 Å². The Kier molecular flexibility index (Phi) is 6.12. The molecule has 0 spiro atoms. The summed E-state index contributed by atoms with van der Waals surface area (Å²) >= 11 is 0. The number of nitrogens with zero attached hydrogens (tertiary/aromatic N) is 1. The van der Waals surface area contributed by atoms with E-state index in [0.29, 0.717) is 24.1 Å². The normalized spacial score (nSPS) is 17.1. The number of methoxy groups -OCH3 is 1. The van der Waals surface area contributed by atoms with Gasteiger partial charge in [-0.25, -0.2) is 4.79 Å². The van der Waals surface area contributed by atoms with Gasteiger partial charge in [-0.05, 0) is 50.6 Å². The van der Waals surface area contributed by atoms with E-state index in [1.807, 2.05) is 48.5 Å². The number of anilines is 1. The van der Waals surface area contributed by atoms with Crippen LogP contribution in [-0.4, -0.2) is 44.3 Å². The van der Waals surface area contributed by atoms with Crippen LogP contribution in [0, 0.1) is 0 Å². The molecule has 1 aliphatic rings. The minimum absolute atomic E-state index is 0.422. The van der Waals surface area contributed by atoms with Gasteiger partial charge in [0.15, 0.2) is 0 Å². The van der Waals surface area contributed by atoms with Crippen LogP contribution in [0.5, 0.6) is 5.75 Å². The second-order valence-electron chi connectivity index (χ2n) is 6.60. The molecule has 0 bridgehead atoms. The Morgan fingerprint density at radius 3 is 2.73 bits per heavy atom. The van der Waals surface area contributed by atoms with Gasteiger partial charge in [-0.1, -0.05) is 30.3 Å². The predicted octanol–water partition coefficient (Wildman–Crippen LogP) is 4.40. The largest absolute Gasteiger partial charge is 0.497 e. The zero-order chi connectivity index (χ0) is 18.4. The van der Waals surface area contributed by atoms with Crippen LogP contribution in [0.15, 0.2) is 48.5 Å². The van der Waals surface area contributed by atoms with Crippen LogP contribution in [0.4, 0.5) is 10.5 Å². The van der Waals surface area contributed by atoms with E-state index in [4.69, 9.17) is 9.47 Å². The van der Waals surface area contributed by atoms with Crippen LogP contribution in [0.3, 0.4) is 0 Å². The molecule has 1 N–H and O–H groups in total. The van der Waals surface area contributed by atoms with Gasteiger partial charge in [-0.15, -0.1) is 0 Å². The number of amides is 1. The van der Waals surface area contributed by atoms with Gasteiger partial charge in [-0.2, -0.15) is 0 Å². The van der Waals surface area contributed by atoms with E-state index in [1.54, 1.807) is 7.11 Å². The first-order chi connectivity index (χ1) is 12.7. The van der Waals surface area contributed by atoms with E-state index < -0.39 is 6.09 Å². The van der Waals surface area contributed by atoms with Crippen LogP contribution < -0.4 is 10.1 Å². The van der Waals surface area contributed by atoms with Gasteiger partial charge >= 0.3 is 6.09 Å². The van der Waals surface area contributed by atoms with Crippen molar-refractivity contribution in [2.45, 2.75) is 25.3 Å². The van der Waals surface area contributed by atoms with Crippen molar-refractivity contribution in [3.8, 4) is 16.9 Å². The first-order valence-electron chi connectivity index (χ1n) is 9.05. The third-order valence-corrected chi connectivity index (χ3v) is 4.90. The molecule has 1 atom stereocenters. The molecule has 1 amide bonds. The SMILES string of the molecule is COc1ccc(-c2ccccc2)c(NC(=O)OCCC2CCCN2C)c1. The number of nitrogens with one attached hydrogen (secondary N) is 1. The van der Waals surface area contributed by atoms with Gasteiger partial charge in [0.05, 0.1) is 19.4 Å². The van der Waals surface area contributed by atoms with Crippen molar-refractivity contribution in [3.05, 3.63) is 48.5 Å². The predicted molar refractivity (Wildman–Crippen MR) is 104 cm³/mol. The molecule has 1 aliphatic heterocycles. The minimum atomic E-state index is -0.434. The van der Waals surface area contributed by atoms with Gasteiger partial charge in [0, 0.05) is 17.7 Å². The van der Waals surface area contributed by atoms with Gasteiger partial charge in [0.1, 0.15) is 5.75 Å². The third-order valence-electron chi connectivity index (χ3n) is 4.90. The molecule has 1 fully saturated rings. The quantitative estimate of drug-likeness (QED) is 0.836. The van der Waals surface area contributed by atoms with E-state index in [9.17, 15) is 4.79 Å². The van der Waals surface area contributed by atoms with E-state index in [-0.39, 0.29) is 0 Å². The summed E-state index contributed by atoms with van der Waals surface area (Å²) in [5.74, 6) is 0.688. The Bertz CT molecular complexity index is 733. The summed E-state index contributed by atoms with van der Waals surface area (Å²) in [4.78, 5) is 14.6. The summed E-state index contributed by atoms with van der Waals surface area (Å²) in [6.07, 6.45) is 2.83. The molecule has 1 saturated heterocycles. The average Bonchev–Trinajstić information content (AvgIpc) is 3.07. The van der Waals surface area contributed by atoms with Crippen LogP contribution in [0.2, 0.25) is 0 Å². The van der Waals surface area contributed by atoms with Crippen LogP contribution >= 0.6 is 0 Å². The van der Waals surface area contributed by atoms with Gasteiger partial charge in [0.25, 0.3) is 0 Å². The van der Waals surface area contributed by atoms with Crippen molar-refractivity contribution in [1.29, 1.82) is 0 Å².